The van der Waals surface area contributed by atoms with Gasteiger partial charge < -0.3 is 19.4 Å². The molecule has 0 bridgehead atoms. The lowest BCUT2D eigenvalue weighted by Crippen LogP contribution is -2.41. The summed E-state index contributed by atoms with van der Waals surface area (Å²) >= 11 is 0. The van der Waals surface area contributed by atoms with Gasteiger partial charge in [-0.2, -0.15) is 0 Å². The van der Waals surface area contributed by atoms with Gasteiger partial charge in [-0.3, -0.25) is 9.59 Å². The molecule has 32 heavy (non-hydrogen) atoms. The number of hydrogen-bond donors (Lipinski definition) is 0. The van der Waals surface area contributed by atoms with Gasteiger partial charge in [-0.05, 0) is 38.0 Å². The molecule has 8 heteroatoms. The molecule has 3 heterocycles. The van der Waals surface area contributed by atoms with E-state index in [0.717, 1.165) is 25.1 Å². The van der Waals surface area contributed by atoms with Crippen LogP contribution in [0.1, 0.15) is 51.0 Å². The van der Waals surface area contributed by atoms with E-state index in [2.05, 4.69) is 9.97 Å². The number of rotatable bonds is 4. The van der Waals surface area contributed by atoms with Crippen LogP contribution in [-0.2, 0) is 4.74 Å². The van der Waals surface area contributed by atoms with Gasteiger partial charge in [-0.1, -0.05) is 6.07 Å². The smallest absolute Gasteiger partial charge is 0.257 e. The molecule has 0 unspecified atom stereocenters. The SMILES string of the molecule is Cc1nc([C@H]2CCCN(C(=O)c3cccc(N(C)C)c3)C2)ncc1C(=O)N1CCOCC1. The number of hydrogen-bond acceptors (Lipinski definition) is 6. The Balaban J connectivity index is 1.47. The molecule has 1 atom stereocenters. The van der Waals surface area contributed by atoms with Gasteiger partial charge in [0.2, 0.25) is 0 Å². The number of amides is 2. The van der Waals surface area contributed by atoms with Gasteiger partial charge in [0.25, 0.3) is 11.8 Å². The fraction of sp³-hybridized carbons (Fsp3) is 0.500. The van der Waals surface area contributed by atoms with Crippen LogP contribution in [0.15, 0.2) is 30.5 Å². The lowest BCUT2D eigenvalue weighted by Gasteiger charge is -2.32. The van der Waals surface area contributed by atoms with Crippen LogP contribution >= 0.6 is 0 Å². The van der Waals surface area contributed by atoms with Gasteiger partial charge in [-0.25, -0.2) is 9.97 Å². The lowest BCUT2D eigenvalue weighted by molar-refractivity contribution is 0.0301. The topological polar surface area (TPSA) is 78.9 Å². The maximum Gasteiger partial charge on any atom is 0.257 e. The molecule has 1 aromatic carbocycles. The van der Waals surface area contributed by atoms with E-state index in [1.165, 1.54) is 0 Å². The van der Waals surface area contributed by atoms with Gasteiger partial charge in [0.15, 0.2) is 0 Å². The summed E-state index contributed by atoms with van der Waals surface area (Å²) in [5, 5.41) is 0. The first-order valence-corrected chi connectivity index (χ1v) is 11.2. The Morgan fingerprint density at radius 3 is 2.59 bits per heavy atom. The largest absolute Gasteiger partial charge is 0.378 e. The Morgan fingerprint density at radius 1 is 1.09 bits per heavy atom. The highest BCUT2D eigenvalue weighted by molar-refractivity contribution is 5.95. The highest BCUT2D eigenvalue weighted by Crippen LogP contribution is 2.27. The molecule has 2 saturated heterocycles. The Hall–Kier alpha value is -3.00. The molecule has 2 fully saturated rings. The molecular weight excluding hydrogens is 406 g/mol. The Kier molecular flexibility index (Phi) is 6.69. The van der Waals surface area contributed by atoms with Crippen LogP contribution in [0.3, 0.4) is 0 Å². The summed E-state index contributed by atoms with van der Waals surface area (Å²) in [4.78, 5) is 40.9. The first-order valence-electron chi connectivity index (χ1n) is 11.2. The van der Waals surface area contributed by atoms with Crippen molar-refractivity contribution in [3.63, 3.8) is 0 Å². The number of carbonyl (C=O) groups is 2. The number of morpholine rings is 1. The summed E-state index contributed by atoms with van der Waals surface area (Å²) in [7, 11) is 3.93. The van der Waals surface area contributed by atoms with Gasteiger partial charge in [-0.15, -0.1) is 0 Å². The van der Waals surface area contributed by atoms with Gasteiger partial charge >= 0.3 is 0 Å². The van der Waals surface area contributed by atoms with E-state index in [1.54, 1.807) is 11.1 Å². The fourth-order valence-electron chi connectivity index (χ4n) is 4.30. The Labute approximate surface area is 189 Å². The third kappa shape index (κ3) is 4.75. The van der Waals surface area contributed by atoms with E-state index < -0.39 is 0 Å². The molecule has 2 amide bonds. The average molecular weight is 438 g/mol. The van der Waals surface area contributed by atoms with Gasteiger partial charge in [0.1, 0.15) is 5.82 Å². The third-order valence-corrected chi connectivity index (χ3v) is 6.21. The predicted octanol–water partition coefficient (Wildman–Crippen LogP) is 2.34. The number of likely N-dealkylation sites (tertiary alicyclic amines) is 1. The zero-order valence-electron chi connectivity index (χ0n) is 19.1. The molecule has 8 nitrogen and oxygen atoms in total. The van der Waals surface area contributed by atoms with E-state index >= 15 is 0 Å². The molecule has 2 aliphatic heterocycles. The van der Waals surface area contributed by atoms with Crippen LogP contribution in [0.4, 0.5) is 5.69 Å². The summed E-state index contributed by atoms with van der Waals surface area (Å²) < 4.78 is 5.33. The lowest BCUT2D eigenvalue weighted by atomic mass is 9.96. The minimum atomic E-state index is -0.0430. The second-order valence-electron chi connectivity index (χ2n) is 8.67. The molecule has 170 valence electrons. The number of aromatic nitrogens is 2. The van der Waals surface area contributed by atoms with Crippen molar-refractivity contribution in [2.75, 3.05) is 58.4 Å². The minimum absolute atomic E-state index is 0.0363. The number of nitrogens with zero attached hydrogens (tertiary/aromatic N) is 5. The van der Waals surface area contributed by atoms with Crippen molar-refractivity contribution in [3.8, 4) is 0 Å². The highest BCUT2D eigenvalue weighted by Gasteiger charge is 2.28. The van der Waals surface area contributed by atoms with Crippen molar-refractivity contribution < 1.29 is 14.3 Å². The van der Waals surface area contributed by atoms with Crippen LogP contribution in [0.25, 0.3) is 0 Å². The second-order valence-corrected chi connectivity index (χ2v) is 8.67. The summed E-state index contributed by atoms with van der Waals surface area (Å²) in [5.41, 5.74) is 2.93. The second kappa shape index (κ2) is 9.65. The number of piperidine rings is 1. The normalized spacial score (nSPS) is 19.0. The van der Waals surface area contributed by atoms with Crippen LogP contribution in [-0.4, -0.2) is 85.1 Å². The molecule has 0 radical (unpaired) electrons. The van der Waals surface area contributed by atoms with Crippen LogP contribution in [0.5, 0.6) is 0 Å². The molecular formula is C24H31N5O3. The van der Waals surface area contributed by atoms with Crippen molar-refractivity contribution in [1.82, 2.24) is 19.8 Å². The van der Waals surface area contributed by atoms with E-state index in [4.69, 9.17) is 4.74 Å². The molecule has 1 aromatic heterocycles. The predicted molar refractivity (Wildman–Crippen MR) is 122 cm³/mol. The zero-order valence-corrected chi connectivity index (χ0v) is 19.1. The number of aryl methyl sites for hydroxylation is 1. The maximum absolute atomic E-state index is 13.1. The summed E-state index contributed by atoms with van der Waals surface area (Å²) in [5.74, 6) is 0.768. The minimum Gasteiger partial charge on any atom is -0.378 e. The molecule has 0 saturated carbocycles. The highest BCUT2D eigenvalue weighted by atomic mass is 16.5. The van der Waals surface area contributed by atoms with Crippen molar-refractivity contribution in [3.05, 3.63) is 53.1 Å². The van der Waals surface area contributed by atoms with Crippen molar-refractivity contribution in [2.24, 2.45) is 0 Å². The first kappa shape index (κ1) is 22.2. The van der Waals surface area contributed by atoms with Crippen molar-refractivity contribution in [2.45, 2.75) is 25.7 Å². The number of benzene rings is 1. The molecule has 2 aromatic rings. The third-order valence-electron chi connectivity index (χ3n) is 6.21. The Morgan fingerprint density at radius 2 is 1.88 bits per heavy atom. The quantitative estimate of drug-likeness (QED) is 0.731. The molecule has 4 rings (SSSR count). The molecule has 0 spiro atoms. The number of carbonyl (C=O) groups excluding carboxylic acids is 2. The monoisotopic (exact) mass is 437 g/mol. The summed E-state index contributed by atoms with van der Waals surface area (Å²) in [6.07, 6.45) is 3.48. The van der Waals surface area contributed by atoms with E-state index in [9.17, 15) is 9.59 Å². The zero-order chi connectivity index (χ0) is 22.7. The average Bonchev–Trinajstić information content (AvgIpc) is 2.83. The summed E-state index contributed by atoms with van der Waals surface area (Å²) in [6, 6.07) is 7.71. The maximum atomic E-state index is 13.1. The fourth-order valence-corrected chi connectivity index (χ4v) is 4.30. The molecule has 2 aliphatic rings. The number of ether oxygens (including phenoxy) is 1. The van der Waals surface area contributed by atoms with E-state index in [1.807, 2.05) is 55.1 Å². The summed E-state index contributed by atoms with van der Waals surface area (Å²) in [6.45, 7) is 5.48. The van der Waals surface area contributed by atoms with Crippen LogP contribution in [0, 0.1) is 6.92 Å². The van der Waals surface area contributed by atoms with E-state index in [0.29, 0.717) is 55.5 Å². The standard InChI is InChI=1S/C24H31N5O3/c1-17-21(24(31)28-10-12-32-13-11-28)15-25-22(26-17)19-7-5-9-29(16-19)23(30)18-6-4-8-20(14-18)27(2)3/h4,6,8,14-15,19H,5,7,9-13,16H2,1-3H3/t19-/m0/s1. The van der Waals surface area contributed by atoms with Gasteiger partial charge in [0, 0.05) is 63.6 Å². The first-order chi connectivity index (χ1) is 15.4. The van der Waals surface area contributed by atoms with Crippen molar-refractivity contribution in [1.29, 1.82) is 0 Å². The van der Waals surface area contributed by atoms with Crippen molar-refractivity contribution >= 4 is 17.5 Å². The van der Waals surface area contributed by atoms with E-state index in [-0.39, 0.29) is 17.7 Å². The van der Waals surface area contributed by atoms with Crippen LogP contribution < -0.4 is 4.90 Å². The van der Waals surface area contributed by atoms with Crippen LogP contribution in [0.2, 0.25) is 0 Å². The number of anilines is 1. The molecule has 0 aliphatic carbocycles. The molecule has 0 N–H and O–H groups in total. The van der Waals surface area contributed by atoms with Gasteiger partial charge in [0.05, 0.1) is 24.5 Å². The Bertz CT molecular complexity index is 987.